The molecule has 0 spiro atoms. The molecule has 28 heavy (non-hydrogen) atoms. The zero-order valence-electron chi connectivity index (χ0n) is 15.8. The number of aromatic hydroxyl groups is 1. The molecular formula is C20H20FN5O2. The van der Waals surface area contributed by atoms with E-state index in [-0.39, 0.29) is 12.4 Å². The van der Waals surface area contributed by atoms with Crippen molar-refractivity contribution in [3.05, 3.63) is 48.5 Å². The number of hydrogen-bond donors (Lipinski definition) is 1. The van der Waals surface area contributed by atoms with Gasteiger partial charge in [0.25, 0.3) is 0 Å². The summed E-state index contributed by atoms with van der Waals surface area (Å²) in [6, 6.07) is 5.48. The van der Waals surface area contributed by atoms with Crippen molar-refractivity contribution in [2.75, 3.05) is 7.11 Å². The van der Waals surface area contributed by atoms with Crippen molar-refractivity contribution in [3.8, 4) is 28.7 Å². The zero-order chi connectivity index (χ0) is 19.8. The largest absolute Gasteiger partial charge is 0.495 e. The van der Waals surface area contributed by atoms with E-state index in [2.05, 4.69) is 15.1 Å². The SMILES string of the molecule is COc1cncc(-c2cc(C)c3c(O)n(-c4ccn(CC(C)F)n4)cc3n2)c1. The number of fused-ring (bicyclic) bond motifs is 1. The molecule has 4 heterocycles. The van der Waals surface area contributed by atoms with Crippen molar-refractivity contribution in [1.82, 2.24) is 24.3 Å². The third kappa shape index (κ3) is 3.17. The Hall–Kier alpha value is -3.42. The molecule has 4 aromatic rings. The van der Waals surface area contributed by atoms with Gasteiger partial charge in [0, 0.05) is 30.2 Å². The van der Waals surface area contributed by atoms with E-state index in [0.29, 0.717) is 22.5 Å². The van der Waals surface area contributed by atoms with E-state index in [9.17, 15) is 9.50 Å². The Morgan fingerprint density at radius 3 is 2.86 bits per heavy atom. The lowest BCUT2D eigenvalue weighted by Crippen LogP contribution is -2.08. The molecule has 1 atom stereocenters. The summed E-state index contributed by atoms with van der Waals surface area (Å²) in [7, 11) is 1.59. The zero-order valence-corrected chi connectivity index (χ0v) is 15.8. The number of hydrogen-bond acceptors (Lipinski definition) is 5. The van der Waals surface area contributed by atoms with Crippen LogP contribution in [0.25, 0.3) is 28.0 Å². The molecule has 1 N–H and O–H groups in total. The Bertz CT molecular complexity index is 1150. The van der Waals surface area contributed by atoms with Crippen molar-refractivity contribution in [2.24, 2.45) is 0 Å². The third-order valence-corrected chi connectivity index (χ3v) is 4.50. The second kappa shape index (κ2) is 6.95. The second-order valence-corrected chi connectivity index (χ2v) is 6.70. The average molecular weight is 381 g/mol. The Labute approximate surface area is 161 Å². The third-order valence-electron chi connectivity index (χ3n) is 4.50. The number of ether oxygens (including phenoxy) is 1. The fourth-order valence-electron chi connectivity index (χ4n) is 3.22. The minimum atomic E-state index is -1.01. The summed E-state index contributed by atoms with van der Waals surface area (Å²) < 4.78 is 21.5. The van der Waals surface area contributed by atoms with Gasteiger partial charge >= 0.3 is 0 Å². The number of alkyl halides is 1. The van der Waals surface area contributed by atoms with Crippen LogP contribution in [0.4, 0.5) is 4.39 Å². The summed E-state index contributed by atoms with van der Waals surface area (Å²) in [5.41, 5.74) is 3.04. The monoisotopic (exact) mass is 381 g/mol. The van der Waals surface area contributed by atoms with Gasteiger partial charge in [-0.25, -0.2) is 9.37 Å². The van der Waals surface area contributed by atoms with Gasteiger partial charge < -0.3 is 9.84 Å². The molecule has 0 amide bonds. The molecule has 4 rings (SSSR count). The summed E-state index contributed by atoms with van der Waals surface area (Å²) in [4.78, 5) is 8.85. The van der Waals surface area contributed by atoms with Crippen LogP contribution in [0.3, 0.4) is 0 Å². The molecule has 0 bridgehead atoms. The average Bonchev–Trinajstić information content (AvgIpc) is 3.25. The van der Waals surface area contributed by atoms with Gasteiger partial charge in [-0.05, 0) is 31.5 Å². The molecule has 144 valence electrons. The van der Waals surface area contributed by atoms with Gasteiger partial charge in [-0.3, -0.25) is 14.2 Å². The van der Waals surface area contributed by atoms with Crippen molar-refractivity contribution in [2.45, 2.75) is 26.6 Å². The van der Waals surface area contributed by atoms with Crippen LogP contribution < -0.4 is 4.74 Å². The minimum absolute atomic E-state index is 0.0499. The van der Waals surface area contributed by atoms with Crippen LogP contribution in [0.5, 0.6) is 11.6 Å². The van der Waals surface area contributed by atoms with Crippen LogP contribution >= 0.6 is 0 Å². The molecule has 0 aliphatic rings. The molecule has 0 aromatic carbocycles. The van der Waals surface area contributed by atoms with Crippen molar-refractivity contribution < 1.29 is 14.2 Å². The molecule has 0 fully saturated rings. The van der Waals surface area contributed by atoms with E-state index < -0.39 is 6.17 Å². The summed E-state index contributed by atoms with van der Waals surface area (Å²) in [6.07, 6.45) is 5.75. The highest BCUT2D eigenvalue weighted by atomic mass is 19.1. The number of rotatable bonds is 5. The van der Waals surface area contributed by atoms with Crippen LogP contribution in [0.15, 0.2) is 43.0 Å². The number of aromatic nitrogens is 5. The first-order chi connectivity index (χ1) is 13.5. The quantitative estimate of drug-likeness (QED) is 0.571. The van der Waals surface area contributed by atoms with Crippen molar-refractivity contribution in [3.63, 3.8) is 0 Å². The van der Waals surface area contributed by atoms with Crippen LogP contribution in [0.1, 0.15) is 12.5 Å². The van der Waals surface area contributed by atoms with Gasteiger partial charge in [0.2, 0.25) is 5.88 Å². The predicted molar refractivity (Wildman–Crippen MR) is 104 cm³/mol. The van der Waals surface area contributed by atoms with Gasteiger partial charge in [0.15, 0.2) is 5.82 Å². The maximum atomic E-state index is 13.2. The fraction of sp³-hybridized carbons (Fsp3) is 0.250. The van der Waals surface area contributed by atoms with Gasteiger partial charge in [-0.15, -0.1) is 0 Å². The van der Waals surface area contributed by atoms with Crippen LogP contribution in [0, 0.1) is 6.92 Å². The van der Waals surface area contributed by atoms with Gasteiger partial charge in [0.05, 0.1) is 36.4 Å². The highest BCUT2D eigenvalue weighted by Crippen LogP contribution is 2.34. The maximum absolute atomic E-state index is 13.2. The Morgan fingerprint density at radius 2 is 2.11 bits per heavy atom. The highest BCUT2D eigenvalue weighted by Gasteiger charge is 2.17. The summed E-state index contributed by atoms with van der Waals surface area (Å²) >= 11 is 0. The lowest BCUT2D eigenvalue weighted by molar-refractivity contribution is 0.309. The van der Waals surface area contributed by atoms with Gasteiger partial charge in [-0.2, -0.15) is 5.10 Å². The summed E-state index contributed by atoms with van der Waals surface area (Å²) in [5.74, 6) is 1.19. The first-order valence-corrected chi connectivity index (χ1v) is 8.85. The van der Waals surface area contributed by atoms with Crippen molar-refractivity contribution >= 4 is 10.9 Å². The Kier molecular flexibility index (Phi) is 4.46. The van der Waals surface area contributed by atoms with E-state index in [1.807, 2.05) is 19.1 Å². The molecule has 0 aliphatic carbocycles. The molecule has 0 saturated carbocycles. The number of methoxy groups -OCH3 is 1. The molecule has 7 nitrogen and oxygen atoms in total. The van der Waals surface area contributed by atoms with Gasteiger partial charge in [-0.1, -0.05) is 0 Å². The van der Waals surface area contributed by atoms with E-state index in [0.717, 1.165) is 16.8 Å². The summed E-state index contributed by atoms with van der Waals surface area (Å²) in [5, 5.41) is 15.7. The molecular weight excluding hydrogens is 361 g/mol. The predicted octanol–water partition coefficient (Wildman–Crippen LogP) is 3.66. The molecule has 8 heteroatoms. The normalized spacial score (nSPS) is 12.4. The van der Waals surface area contributed by atoms with Crippen LogP contribution in [0.2, 0.25) is 0 Å². The Morgan fingerprint density at radius 1 is 1.29 bits per heavy atom. The van der Waals surface area contributed by atoms with E-state index in [1.54, 1.807) is 42.5 Å². The summed E-state index contributed by atoms with van der Waals surface area (Å²) in [6.45, 7) is 3.55. The lowest BCUT2D eigenvalue weighted by atomic mass is 10.1. The molecule has 0 saturated heterocycles. The lowest BCUT2D eigenvalue weighted by Gasteiger charge is -2.06. The molecule has 4 aromatic heterocycles. The topological polar surface area (TPSA) is 78.0 Å². The highest BCUT2D eigenvalue weighted by molar-refractivity contribution is 5.90. The standard InChI is InChI=1S/C20H20FN5O2/c1-12-6-16(14-7-15(28-3)9-22-8-14)23-17-11-26(20(27)19(12)17)18-4-5-25(24-18)10-13(2)21/h4-9,11,13,27H,10H2,1-3H3. The van der Waals surface area contributed by atoms with E-state index in [4.69, 9.17) is 4.74 Å². The smallest absolute Gasteiger partial charge is 0.206 e. The first-order valence-electron chi connectivity index (χ1n) is 8.85. The number of aryl methyl sites for hydroxylation is 1. The van der Waals surface area contributed by atoms with Gasteiger partial charge in [0.1, 0.15) is 11.9 Å². The maximum Gasteiger partial charge on any atom is 0.206 e. The first kappa shape index (κ1) is 18.0. The number of nitrogens with zero attached hydrogens (tertiary/aromatic N) is 5. The van der Waals surface area contributed by atoms with Crippen molar-refractivity contribution in [1.29, 1.82) is 0 Å². The molecule has 0 radical (unpaired) electrons. The number of pyridine rings is 2. The van der Waals surface area contributed by atoms with E-state index in [1.165, 1.54) is 11.6 Å². The number of halogens is 1. The molecule has 1 unspecified atom stereocenters. The fourth-order valence-corrected chi connectivity index (χ4v) is 3.22. The molecule has 0 aliphatic heterocycles. The minimum Gasteiger partial charge on any atom is -0.495 e. The van der Waals surface area contributed by atoms with Crippen LogP contribution in [-0.2, 0) is 6.54 Å². The second-order valence-electron chi connectivity index (χ2n) is 6.70. The van der Waals surface area contributed by atoms with E-state index >= 15 is 0 Å². The Balaban J connectivity index is 1.80. The van der Waals surface area contributed by atoms with Crippen LogP contribution in [-0.4, -0.2) is 42.7 Å².